The van der Waals surface area contributed by atoms with Crippen LogP contribution in [0.15, 0.2) is 24.0 Å². The van der Waals surface area contributed by atoms with Crippen molar-refractivity contribution in [1.29, 1.82) is 0 Å². The van der Waals surface area contributed by atoms with Gasteiger partial charge in [0.05, 0.1) is 37.7 Å². The lowest BCUT2D eigenvalue weighted by molar-refractivity contribution is -0.157. The number of aliphatic hydroxyl groups is 1. The molecule has 0 saturated carbocycles. The number of hydrogen-bond donors (Lipinski definition) is 1. The molecule has 1 fully saturated rings. The Bertz CT molecular complexity index is 1330. The third-order valence-electron chi connectivity index (χ3n) is 10.9. The number of rotatable bonds is 10. The van der Waals surface area contributed by atoms with E-state index in [0.29, 0.717) is 23.7 Å². The SMILES string of the molecule is COC(=O)C[C@](O)(CCC(C)(C)O[Si](C)(C)C(C)(C)C)C(=O)[C@@H]1C(OC)=C[C@]23CCCN2CCc2cc4c(cc2[C@H]13)OCO4. The number of benzene rings is 1. The number of hydrogen-bond acceptors (Lipinski definition) is 9. The van der Waals surface area contributed by atoms with Gasteiger partial charge in [-0.1, -0.05) is 20.8 Å². The molecule has 5 rings (SSSR count). The average molecular weight is 630 g/mol. The summed E-state index contributed by atoms with van der Waals surface area (Å²) in [5, 5.41) is 12.3. The van der Waals surface area contributed by atoms with E-state index in [1.165, 1.54) is 7.11 Å². The minimum atomic E-state index is -2.15. The number of ether oxygens (including phenoxy) is 4. The van der Waals surface area contributed by atoms with Crippen molar-refractivity contribution < 1.29 is 38.1 Å². The Labute approximate surface area is 263 Å². The van der Waals surface area contributed by atoms with Gasteiger partial charge in [0.15, 0.2) is 25.6 Å². The lowest BCUT2D eigenvalue weighted by atomic mass is 9.69. The summed E-state index contributed by atoms with van der Waals surface area (Å²) in [6.07, 6.45) is 4.79. The average Bonchev–Trinajstić information content (AvgIpc) is 3.63. The number of allylic oxidation sites excluding steroid dienone is 1. The highest BCUT2D eigenvalue weighted by Gasteiger charge is 2.61. The molecular formula is C34H51NO8Si. The molecule has 9 nitrogen and oxygen atoms in total. The van der Waals surface area contributed by atoms with Gasteiger partial charge in [0.1, 0.15) is 11.4 Å². The number of fused-ring (bicyclic) bond motifs is 3. The van der Waals surface area contributed by atoms with E-state index in [1.807, 2.05) is 26.0 Å². The van der Waals surface area contributed by atoms with Crippen LogP contribution in [0.5, 0.6) is 11.5 Å². The van der Waals surface area contributed by atoms with Gasteiger partial charge >= 0.3 is 5.97 Å². The number of nitrogens with zero attached hydrogens (tertiary/aromatic N) is 1. The summed E-state index contributed by atoms with van der Waals surface area (Å²) in [6.45, 7) is 16.9. The predicted octanol–water partition coefficient (Wildman–Crippen LogP) is 5.49. The van der Waals surface area contributed by atoms with Crippen LogP contribution in [0.1, 0.15) is 83.8 Å². The molecule has 1 spiro atoms. The molecule has 10 heteroatoms. The fraction of sp³-hybridized carbons (Fsp3) is 0.706. The molecule has 1 N–H and O–H groups in total. The van der Waals surface area contributed by atoms with Crippen molar-refractivity contribution in [2.75, 3.05) is 34.1 Å². The van der Waals surface area contributed by atoms with Crippen LogP contribution in [0.25, 0.3) is 0 Å². The maximum Gasteiger partial charge on any atom is 0.308 e. The molecule has 1 aromatic rings. The number of ketones is 1. The minimum absolute atomic E-state index is 0.00625. The molecule has 1 aromatic carbocycles. The molecule has 244 valence electrons. The summed E-state index contributed by atoms with van der Waals surface area (Å²) in [7, 11) is 0.715. The third-order valence-corrected chi connectivity index (χ3v) is 15.6. The van der Waals surface area contributed by atoms with E-state index in [1.54, 1.807) is 7.11 Å². The standard InChI is InChI=1S/C34H51NO8Si/c1-31(2,3)44(8,9)43-32(4,5)13-14-34(38,20-27(36)40-7)30(37)28-26(39-6)19-33-12-10-15-35(33)16-11-22-17-24-25(42-21-41-24)18-23(22)29(28)33/h17-19,28-29,38H,10-16,20-21H2,1-9H3/t28-,29-,33+,34-/m1/s1. The molecular weight excluding hydrogens is 578 g/mol. The molecule has 4 atom stereocenters. The van der Waals surface area contributed by atoms with E-state index < -0.39 is 49.1 Å². The van der Waals surface area contributed by atoms with E-state index in [4.69, 9.17) is 23.4 Å². The molecule has 0 amide bonds. The smallest absolute Gasteiger partial charge is 0.308 e. The second-order valence-corrected chi connectivity index (χ2v) is 19.9. The number of esters is 1. The summed E-state index contributed by atoms with van der Waals surface area (Å²) in [5.41, 5.74) is -0.929. The summed E-state index contributed by atoms with van der Waals surface area (Å²) in [4.78, 5) is 30.2. The van der Waals surface area contributed by atoms with Crippen molar-refractivity contribution in [2.45, 2.75) is 114 Å². The van der Waals surface area contributed by atoms with E-state index in [2.05, 4.69) is 44.8 Å². The Kier molecular flexibility index (Phi) is 8.57. The molecule has 44 heavy (non-hydrogen) atoms. The van der Waals surface area contributed by atoms with Crippen molar-refractivity contribution in [3.8, 4) is 11.5 Å². The Morgan fingerprint density at radius 1 is 1.07 bits per heavy atom. The largest absolute Gasteiger partial charge is 0.501 e. The third kappa shape index (κ3) is 5.71. The molecule has 0 radical (unpaired) electrons. The maximum atomic E-state index is 15.0. The fourth-order valence-electron chi connectivity index (χ4n) is 7.61. The maximum absolute atomic E-state index is 15.0. The van der Waals surface area contributed by atoms with Gasteiger partial charge in [-0.15, -0.1) is 0 Å². The quantitative estimate of drug-likeness (QED) is 0.266. The van der Waals surface area contributed by atoms with Crippen LogP contribution >= 0.6 is 0 Å². The Balaban J connectivity index is 1.55. The van der Waals surface area contributed by atoms with Crippen LogP contribution in [-0.4, -0.2) is 80.9 Å². The fourth-order valence-corrected chi connectivity index (χ4v) is 9.40. The van der Waals surface area contributed by atoms with E-state index in [-0.39, 0.29) is 24.2 Å². The normalized spacial score (nSPS) is 26.2. The highest BCUT2D eigenvalue weighted by atomic mass is 28.4. The topological polar surface area (TPSA) is 104 Å². The van der Waals surface area contributed by atoms with Gasteiger partial charge in [0.25, 0.3) is 0 Å². The second-order valence-electron chi connectivity index (χ2n) is 15.2. The first-order valence-electron chi connectivity index (χ1n) is 15.9. The number of carbonyl (C=O) groups excluding carboxylic acids is 2. The van der Waals surface area contributed by atoms with Crippen molar-refractivity contribution >= 4 is 20.1 Å². The molecule has 0 unspecified atom stereocenters. The molecule has 0 aromatic heterocycles. The van der Waals surface area contributed by atoms with Crippen LogP contribution in [0.4, 0.5) is 0 Å². The zero-order valence-corrected chi connectivity index (χ0v) is 29.0. The number of methoxy groups -OCH3 is 2. The van der Waals surface area contributed by atoms with Crippen LogP contribution in [0.2, 0.25) is 18.1 Å². The number of carbonyl (C=O) groups is 2. The van der Waals surface area contributed by atoms with E-state index in [0.717, 1.165) is 43.5 Å². The Morgan fingerprint density at radius 3 is 2.39 bits per heavy atom. The van der Waals surface area contributed by atoms with Crippen molar-refractivity contribution in [3.05, 3.63) is 35.1 Å². The first-order valence-corrected chi connectivity index (χ1v) is 18.9. The minimum Gasteiger partial charge on any atom is -0.501 e. The predicted molar refractivity (Wildman–Crippen MR) is 169 cm³/mol. The molecule has 1 saturated heterocycles. The molecule has 3 heterocycles. The van der Waals surface area contributed by atoms with E-state index in [9.17, 15) is 14.7 Å². The summed E-state index contributed by atoms with van der Waals surface area (Å²) in [5.74, 6) is -0.247. The van der Waals surface area contributed by atoms with Gasteiger partial charge in [0, 0.05) is 12.5 Å². The summed E-state index contributed by atoms with van der Waals surface area (Å²) < 4.78 is 29.2. The van der Waals surface area contributed by atoms with Gasteiger partial charge in [-0.2, -0.15) is 0 Å². The Morgan fingerprint density at radius 2 is 1.75 bits per heavy atom. The van der Waals surface area contributed by atoms with Crippen molar-refractivity contribution in [3.63, 3.8) is 0 Å². The van der Waals surface area contributed by atoms with Crippen molar-refractivity contribution in [1.82, 2.24) is 4.90 Å². The molecule has 3 aliphatic heterocycles. The molecule has 1 aliphatic carbocycles. The second kappa shape index (κ2) is 11.4. The molecule has 4 aliphatic rings. The van der Waals surface area contributed by atoms with Crippen LogP contribution in [-0.2, 0) is 29.9 Å². The van der Waals surface area contributed by atoms with Crippen molar-refractivity contribution in [2.24, 2.45) is 5.92 Å². The van der Waals surface area contributed by atoms with Gasteiger partial charge in [0.2, 0.25) is 6.79 Å². The van der Waals surface area contributed by atoms with E-state index >= 15 is 0 Å². The highest BCUT2D eigenvalue weighted by molar-refractivity contribution is 6.74. The van der Waals surface area contributed by atoms with Gasteiger partial charge in [-0.05, 0) is 100.0 Å². The number of Topliss-reactive ketones (excluding diaryl/α,β-unsaturated/α-hetero) is 1. The zero-order valence-electron chi connectivity index (χ0n) is 28.0. The molecule has 0 bridgehead atoms. The van der Waals surface area contributed by atoms with Crippen LogP contribution in [0.3, 0.4) is 0 Å². The van der Waals surface area contributed by atoms with Crippen LogP contribution in [0, 0.1) is 5.92 Å². The highest BCUT2D eigenvalue weighted by Crippen LogP contribution is 2.58. The Hall–Kier alpha value is -2.40. The van der Waals surface area contributed by atoms with Gasteiger partial charge in [-0.25, -0.2) is 0 Å². The first kappa shape index (κ1) is 33.0. The van der Waals surface area contributed by atoms with Gasteiger partial charge in [-0.3, -0.25) is 14.5 Å². The van der Waals surface area contributed by atoms with Crippen LogP contribution < -0.4 is 9.47 Å². The summed E-state index contributed by atoms with van der Waals surface area (Å²) in [6, 6.07) is 4.06. The zero-order chi connectivity index (χ0) is 32.3. The first-order chi connectivity index (χ1) is 20.5. The van der Waals surface area contributed by atoms with Gasteiger partial charge < -0.3 is 28.5 Å². The summed E-state index contributed by atoms with van der Waals surface area (Å²) >= 11 is 0. The lowest BCUT2D eigenvalue weighted by Gasteiger charge is -2.44. The lowest BCUT2D eigenvalue weighted by Crippen LogP contribution is -2.52. The monoisotopic (exact) mass is 629 g/mol.